The molecule has 3 nitrogen and oxygen atoms in total. The van der Waals surface area contributed by atoms with Crippen molar-refractivity contribution in [3.63, 3.8) is 0 Å². The smallest absolute Gasteiger partial charge is 0.258 e. The van der Waals surface area contributed by atoms with E-state index in [1.807, 2.05) is 5.92 Å². The van der Waals surface area contributed by atoms with Crippen LogP contribution in [0, 0.1) is 27.9 Å². The fraction of sp³-hybridized carbons (Fsp3) is 0.273. The quantitative estimate of drug-likeness (QED) is 0.432. The van der Waals surface area contributed by atoms with E-state index in [-0.39, 0.29) is 11.3 Å². The van der Waals surface area contributed by atoms with Gasteiger partial charge in [-0.25, -0.2) is 0 Å². The predicted octanol–water partition coefficient (Wildman–Crippen LogP) is 3.14. The zero-order valence-corrected chi connectivity index (χ0v) is 8.78. The van der Waals surface area contributed by atoms with Crippen molar-refractivity contribution in [2.75, 3.05) is 0 Å². The molecule has 0 aliphatic rings. The summed E-state index contributed by atoms with van der Waals surface area (Å²) in [5.74, 6) is 2.52. The van der Waals surface area contributed by atoms with Crippen LogP contribution < -0.4 is 0 Å². The molecule has 0 aliphatic heterocycles. The van der Waals surface area contributed by atoms with Crippen molar-refractivity contribution in [2.45, 2.75) is 13.1 Å². The zero-order chi connectivity index (χ0) is 13.1. The molecular weight excluding hydrogens is 235 g/mol. The Labute approximate surface area is 95.4 Å². The van der Waals surface area contributed by atoms with E-state index in [9.17, 15) is 23.3 Å². The number of nitro benzene ring substituents is 1. The fourth-order valence-electron chi connectivity index (χ4n) is 0.971. The van der Waals surface area contributed by atoms with Gasteiger partial charge in [-0.05, 0) is 13.0 Å². The lowest BCUT2D eigenvalue weighted by molar-refractivity contribution is -0.384. The van der Waals surface area contributed by atoms with Crippen LogP contribution in [-0.2, 0) is 0 Å². The van der Waals surface area contributed by atoms with Gasteiger partial charge < -0.3 is 0 Å². The fourth-order valence-corrected chi connectivity index (χ4v) is 0.971. The summed E-state index contributed by atoms with van der Waals surface area (Å²) >= 11 is 0. The molecule has 0 bridgehead atoms. The van der Waals surface area contributed by atoms with Gasteiger partial charge in [-0.2, -0.15) is 13.2 Å². The summed E-state index contributed by atoms with van der Waals surface area (Å²) in [6.45, 7) is 0.935. The molecule has 0 saturated carbocycles. The Morgan fingerprint density at radius 1 is 1.41 bits per heavy atom. The molecule has 17 heavy (non-hydrogen) atoms. The molecule has 0 spiro atoms. The van der Waals surface area contributed by atoms with E-state index < -0.39 is 17.0 Å². The van der Waals surface area contributed by atoms with Crippen LogP contribution in [0.15, 0.2) is 24.3 Å². The average Bonchev–Trinajstić information content (AvgIpc) is 2.25. The lowest BCUT2D eigenvalue weighted by Crippen LogP contribution is -2.17. The third-order valence-electron chi connectivity index (χ3n) is 1.98. The average molecular weight is 243 g/mol. The predicted molar refractivity (Wildman–Crippen MR) is 55.2 cm³/mol. The van der Waals surface area contributed by atoms with Crippen LogP contribution in [0.1, 0.15) is 12.5 Å². The number of nitro groups is 1. The molecule has 0 aliphatic carbocycles. The van der Waals surface area contributed by atoms with Crippen molar-refractivity contribution in [2.24, 2.45) is 5.92 Å². The van der Waals surface area contributed by atoms with E-state index in [2.05, 4.69) is 5.92 Å². The van der Waals surface area contributed by atoms with E-state index in [0.717, 1.165) is 13.0 Å². The Bertz CT molecular complexity index is 485. The highest BCUT2D eigenvalue weighted by Gasteiger charge is 2.34. The first-order chi connectivity index (χ1) is 7.80. The van der Waals surface area contributed by atoms with Gasteiger partial charge in [-0.1, -0.05) is 17.9 Å². The maximum absolute atomic E-state index is 12.1. The van der Waals surface area contributed by atoms with Gasteiger partial charge in [0.25, 0.3) is 5.69 Å². The SMILES string of the molecule is CC(C#Cc1cccc([N+](=O)[O-])c1)C(F)(F)F. The van der Waals surface area contributed by atoms with Crippen molar-refractivity contribution in [1.82, 2.24) is 0 Å². The summed E-state index contributed by atoms with van der Waals surface area (Å²) < 4.78 is 36.4. The van der Waals surface area contributed by atoms with Crippen LogP contribution in [-0.4, -0.2) is 11.1 Å². The number of rotatable bonds is 1. The minimum absolute atomic E-state index is 0.190. The highest BCUT2D eigenvalue weighted by atomic mass is 19.4. The molecule has 1 rings (SSSR count). The van der Waals surface area contributed by atoms with Crippen LogP contribution in [0.3, 0.4) is 0 Å². The maximum Gasteiger partial charge on any atom is 0.402 e. The molecule has 1 atom stereocenters. The standard InChI is InChI=1S/C11H8F3NO2/c1-8(11(12,13)14)5-6-9-3-2-4-10(7-9)15(16)17/h2-4,7-8H,1H3. The number of nitrogens with zero attached hydrogens (tertiary/aromatic N) is 1. The zero-order valence-electron chi connectivity index (χ0n) is 8.78. The van der Waals surface area contributed by atoms with Crippen LogP contribution in [0.5, 0.6) is 0 Å². The van der Waals surface area contributed by atoms with Gasteiger partial charge in [-0.3, -0.25) is 10.1 Å². The molecule has 6 heteroatoms. The monoisotopic (exact) mass is 243 g/mol. The summed E-state index contributed by atoms with van der Waals surface area (Å²) in [6.07, 6.45) is -4.38. The van der Waals surface area contributed by atoms with Gasteiger partial charge in [0, 0.05) is 17.7 Å². The number of hydrogen-bond acceptors (Lipinski definition) is 2. The summed E-state index contributed by atoms with van der Waals surface area (Å²) in [4.78, 5) is 9.80. The van der Waals surface area contributed by atoms with E-state index >= 15 is 0 Å². The van der Waals surface area contributed by atoms with Crippen molar-refractivity contribution in [3.8, 4) is 11.8 Å². The summed E-state index contributed by atoms with van der Waals surface area (Å²) in [5, 5.41) is 10.4. The highest BCUT2D eigenvalue weighted by Crippen LogP contribution is 2.25. The maximum atomic E-state index is 12.1. The molecule has 0 heterocycles. The molecule has 1 unspecified atom stereocenters. The third kappa shape index (κ3) is 3.79. The number of non-ortho nitro benzene ring substituents is 1. The largest absolute Gasteiger partial charge is 0.402 e. The van der Waals surface area contributed by atoms with Gasteiger partial charge in [0.05, 0.1) is 4.92 Å². The molecule has 1 aromatic rings. The van der Waals surface area contributed by atoms with Crippen molar-refractivity contribution in [3.05, 3.63) is 39.9 Å². The Kier molecular flexibility index (Phi) is 3.73. The lowest BCUT2D eigenvalue weighted by atomic mass is 10.1. The van der Waals surface area contributed by atoms with E-state index in [1.165, 1.54) is 18.2 Å². The van der Waals surface area contributed by atoms with Crippen LogP contribution in [0.4, 0.5) is 18.9 Å². The third-order valence-corrected chi connectivity index (χ3v) is 1.98. The van der Waals surface area contributed by atoms with E-state index in [1.54, 1.807) is 0 Å². The van der Waals surface area contributed by atoms with E-state index in [0.29, 0.717) is 0 Å². The normalized spacial score (nSPS) is 12.5. The van der Waals surface area contributed by atoms with Crippen molar-refractivity contribution >= 4 is 5.69 Å². The second-order valence-electron chi connectivity index (χ2n) is 3.34. The second kappa shape index (κ2) is 4.87. The molecule has 1 aromatic carbocycles. The Morgan fingerprint density at radius 2 is 2.06 bits per heavy atom. The minimum Gasteiger partial charge on any atom is -0.258 e. The van der Waals surface area contributed by atoms with Crippen molar-refractivity contribution < 1.29 is 18.1 Å². The highest BCUT2D eigenvalue weighted by molar-refractivity contribution is 5.43. The first-order valence-corrected chi connectivity index (χ1v) is 4.63. The number of hydrogen-bond donors (Lipinski definition) is 0. The second-order valence-corrected chi connectivity index (χ2v) is 3.34. The lowest BCUT2D eigenvalue weighted by Gasteiger charge is -2.07. The van der Waals surface area contributed by atoms with Gasteiger partial charge in [0.2, 0.25) is 0 Å². The minimum atomic E-state index is -4.38. The summed E-state index contributed by atoms with van der Waals surface area (Å²) in [5.41, 5.74) is -0.00763. The molecule has 0 N–H and O–H groups in total. The summed E-state index contributed by atoms with van der Waals surface area (Å²) in [7, 11) is 0. The topological polar surface area (TPSA) is 43.1 Å². The Balaban J connectivity index is 2.93. The molecule has 0 amide bonds. The van der Waals surface area contributed by atoms with Crippen LogP contribution >= 0.6 is 0 Å². The molecule has 0 radical (unpaired) electrons. The molecule has 0 saturated heterocycles. The first-order valence-electron chi connectivity index (χ1n) is 4.63. The molecule has 90 valence electrons. The van der Waals surface area contributed by atoms with Crippen LogP contribution in [0.2, 0.25) is 0 Å². The van der Waals surface area contributed by atoms with Crippen LogP contribution in [0.25, 0.3) is 0 Å². The molecular formula is C11H8F3NO2. The molecule has 0 aromatic heterocycles. The molecule has 0 fully saturated rings. The number of halogens is 3. The van der Waals surface area contributed by atoms with E-state index in [4.69, 9.17) is 0 Å². The van der Waals surface area contributed by atoms with Gasteiger partial charge in [0.1, 0.15) is 5.92 Å². The van der Waals surface area contributed by atoms with Crippen molar-refractivity contribution in [1.29, 1.82) is 0 Å². The number of alkyl halides is 3. The Morgan fingerprint density at radius 3 is 2.59 bits per heavy atom. The Hall–Kier alpha value is -2.03. The summed E-state index contributed by atoms with van der Waals surface area (Å²) in [6, 6.07) is 5.18. The van der Waals surface area contributed by atoms with Gasteiger partial charge >= 0.3 is 6.18 Å². The van der Waals surface area contributed by atoms with Gasteiger partial charge in [0.15, 0.2) is 0 Å². The van der Waals surface area contributed by atoms with Gasteiger partial charge in [-0.15, -0.1) is 0 Å². The first kappa shape index (κ1) is 13.0. The number of benzene rings is 1.